The maximum absolute atomic E-state index is 12.9. The number of ether oxygens (including phenoxy) is 1. The lowest BCUT2D eigenvalue weighted by Crippen LogP contribution is -2.30. The van der Waals surface area contributed by atoms with Gasteiger partial charge in [-0.3, -0.25) is 9.52 Å². The van der Waals surface area contributed by atoms with E-state index in [1.807, 2.05) is 0 Å². The van der Waals surface area contributed by atoms with Crippen LogP contribution < -0.4 is 13.8 Å². The Labute approximate surface area is 168 Å². The molecule has 0 bridgehead atoms. The first-order valence-electron chi connectivity index (χ1n) is 8.08. The number of nitrogens with zero attached hydrogens (tertiary/aromatic N) is 1. The van der Waals surface area contributed by atoms with Crippen molar-refractivity contribution in [3.8, 4) is 5.75 Å². The van der Waals surface area contributed by atoms with Gasteiger partial charge in [0.25, 0.3) is 10.0 Å². The van der Waals surface area contributed by atoms with Crippen molar-refractivity contribution in [2.75, 3.05) is 21.9 Å². The Morgan fingerprint density at radius 3 is 2.50 bits per heavy atom. The van der Waals surface area contributed by atoms with E-state index in [0.717, 1.165) is 6.07 Å². The minimum absolute atomic E-state index is 0.00429. The number of methoxy groups -OCH3 is 1. The van der Waals surface area contributed by atoms with Gasteiger partial charge in [0.1, 0.15) is 10.6 Å². The molecule has 8 nitrogen and oxygen atoms in total. The predicted molar refractivity (Wildman–Crippen MR) is 106 cm³/mol. The Hall–Kier alpha value is -2.30. The molecule has 0 aromatic heterocycles. The molecule has 28 heavy (non-hydrogen) atoms. The number of halogens is 1. The maximum atomic E-state index is 12.9. The number of hydrogen-bond acceptors (Lipinski definition) is 6. The SMILES string of the molecule is COc1ccc(N2C(=O)[C@@H](C)CS2(=O)=O)cc1S(=O)(=O)Nc1cccc(Cl)c1. The number of hydrogen-bond donors (Lipinski definition) is 1. The summed E-state index contributed by atoms with van der Waals surface area (Å²) in [6.07, 6.45) is 0. The van der Waals surface area contributed by atoms with E-state index in [1.54, 1.807) is 12.1 Å². The first-order valence-corrected chi connectivity index (χ1v) is 11.6. The fraction of sp³-hybridized carbons (Fsp3) is 0.235. The average Bonchev–Trinajstić information content (AvgIpc) is 2.81. The quantitative estimate of drug-likeness (QED) is 0.758. The normalized spacial score (nSPS) is 18.9. The van der Waals surface area contributed by atoms with E-state index >= 15 is 0 Å². The van der Waals surface area contributed by atoms with Crippen molar-refractivity contribution in [2.24, 2.45) is 5.92 Å². The number of rotatable bonds is 5. The fourth-order valence-corrected chi connectivity index (χ4v) is 6.09. The van der Waals surface area contributed by atoms with E-state index in [4.69, 9.17) is 16.3 Å². The first kappa shape index (κ1) is 20.4. The van der Waals surface area contributed by atoms with Gasteiger partial charge < -0.3 is 4.74 Å². The Bertz CT molecular complexity index is 1150. The van der Waals surface area contributed by atoms with Gasteiger partial charge in [0.2, 0.25) is 15.9 Å². The van der Waals surface area contributed by atoms with Crippen LogP contribution in [-0.4, -0.2) is 35.6 Å². The highest BCUT2D eigenvalue weighted by molar-refractivity contribution is 7.94. The van der Waals surface area contributed by atoms with Gasteiger partial charge in [0, 0.05) is 5.02 Å². The van der Waals surface area contributed by atoms with E-state index in [2.05, 4.69) is 4.72 Å². The van der Waals surface area contributed by atoms with Gasteiger partial charge in [-0.15, -0.1) is 0 Å². The molecule has 2 aromatic rings. The number of nitrogens with one attached hydrogen (secondary N) is 1. The minimum atomic E-state index is -4.16. The van der Waals surface area contributed by atoms with E-state index in [1.165, 1.54) is 38.3 Å². The summed E-state index contributed by atoms with van der Waals surface area (Å²) < 4.78 is 58.5. The summed E-state index contributed by atoms with van der Waals surface area (Å²) in [6, 6.07) is 9.81. The van der Waals surface area contributed by atoms with E-state index in [9.17, 15) is 21.6 Å². The van der Waals surface area contributed by atoms with E-state index < -0.39 is 31.9 Å². The highest BCUT2D eigenvalue weighted by atomic mass is 35.5. The topological polar surface area (TPSA) is 110 Å². The van der Waals surface area contributed by atoms with Crippen molar-refractivity contribution in [3.05, 3.63) is 47.5 Å². The molecule has 3 rings (SSSR count). The lowest BCUT2D eigenvalue weighted by atomic mass is 10.2. The second-order valence-electron chi connectivity index (χ2n) is 6.23. The number of amides is 1. The highest BCUT2D eigenvalue weighted by Gasteiger charge is 2.42. The smallest absolute Gasteiger partial charge is 0.265 e. The summed E-state index contributed by atoms with van der Waals surface area (Å²) in [5.41, 5.74) is 0.153. The van der Waals surface area contributed by atoms with Crippen molar-refractivity contribution >= 4 is 48.9 Å². The first-order chi connectivity index (χ1) is 13.0. The standard InChI is InChI=1S/C17H17ClN2O6S2/c1-11-10-27(22,23)20(17(11)21)14-6-7-15(26-2)16(9-14)28(24,25)19-13-5-3-4-12(18)8-13/h3-9,11,19H,10H2,1-2H3/t11-/m0/s1. The van der Waals surface area contributed by atoms with E-state index in [-0.39, 0.29) is 27.8 Å². The van der Waals surface area contributed by atoms with E-state index in [0.29, 0.717) is 9.33 Å². The van der Waals surface area contributed by atoms with Crippen LogP contribution in [0.25, 0.3) is 0 Å². The summed E-state index contributed by atoms with van der Waals surface area (Å²) in [7, 11) is -6.75. The van der Waals surface area contributed by atoms with Crippen LogP contribution in [0.4, 0.5) is 11.4 Å². The molecule has 0 radical (unpaired) electrons. The summed E-state index contributed by atoms with van der Waals surface area (Å²) in [6.45, 7) is 1.50. The molecule has 1 N–H and O–H groups in total. The summed E-state index contributed by atoms with van der Waals surface area (Å²) in [5, 5.41) is 0.337. The number of anilines is 2. The molecule has 0 saturated carbocycles. The van der Waals surface area contributed by atoms with Crippen LogP contribution in [0.3, 0.4) is 0 Å². The summed E-state index contributed by atoms with van der Waals surface area (Å²) in [4.78, 5) is 12.0. The Kier molecular flexibility index (Phi) is 5.30. The molecule has 0 aliphatic carbocycles. The van der Waals surface area contributed by atoms with Crippen molar-refractivity contribution in [1.29, 1.82) is 0 Å². The molecule has 150 valence electrons. The maximum Gasteiger partial charge on any atom is 0.265 e. The summed E-state index contributed by atoms with van der Waals surface area (Å²) in [5.74, 6) is -1.66. The van der Waals surface area contributed by atoms with Crippen molar-refractivity contribution < 1.29 is 26.4 Å². The molecule has 2 aromatic carbocycles. The van der Waals surface area contributed by atoms with Gasteiger partial charge in [0.05, 0.1) is 30.2 Å². The molecule has 1 aliphatic heterocycles. The minimum Gasteiger partial charge on any atom is -0.495 e. The van der Waals surface area contributed by atoms with Gasteiger partial charge in [-0.25, -0.2) is 21.1 Å². The molecule has 1 heterocycles. The van der Waals surface area contributed by atoms with Crippen LogP contribution >= 0.6 is 11.6 Å². The van der Waals surface area contributed by atoms with Gasteiger partial charge >= 0.3 is 0 Å². The van der Waals surface area contributed by atoms with Crippen LogP contribution in [0.5, 0.6) is 5.75 Å². The van der Waals surface area contributed by atoms with Gasteiger partial charge in [-0.05, 0) is 36.4 Å². The van der Waals surface area contributed by atoms with Gasteiger partial charge in [0.15, 0.2) is 0 Å². The Morgan fingerprint density at radius 1 is 1.21 bits per heavy atom. The molecule has 1 fully saturated rings. The summed E-state index contributed by atoms with van der Waals surface area (Å²) >= 11 is 5.88. The lowest BCUT2D eigenvalue weighted by Gasteiger charge is -2.18. The van der Waals surface area contributed by atoms with Crippen molar-refractivity contribution in [2.45, 2.75) is 11.8 Å². The molecule has 0 spiro atoms. The third kappa shape index (κ3) is 3.80. The molecule has 11 heteroatoms. The second-order valence-corrected chi connectivity index (χ2v) is 10.2. The molecule has 1 amide bonds. The zero-order valence-corrected chi connectivity index (χ0v) is 17.3. The number of benzene rings is 2. The van der Waals surface area contributed by atoms with Crippen LogP contribution in [-0.2, 0) is 24.8 Å². The van der Waals surface area contributed by atoms with Crippen LogP contribution in [0.1, 0.15) is 6.92 Å². The lowest BCUT2D eigenvalue weighted by molar-refractivity contribution is -0.119. The Balaban J connectivity index is 2.08. The molecule has 1 saturated heterocycles. The number of carbonyl (C=O) groups is 1. The number of sulfonamides is 2. The zero-order chi connectivity index (χ0) is 20.7. The second kappa shape index (κ2) is 7.26. The van der Waals surface area contributed by atoms with Gasteiger partial charge in [-0.2, -0.15) is 0 Å². The van der Waals surface area contributed by atoms with Gasteiger partial charge in [-0.1, -0.05) is 24.6 Å². The van der Waals surface area contributed by atoms with Crippen LogP contribution in [0.15, 0.2) is 47.4 Å². The third-order valence-electron chi connectivity index (χ3n) is 4.11. The number of carbonyl (C=O) groups excluding carboxylic acids is 1. The monoisotopic (exact) mass is 444 g/mol. The largest absolute Gasteiger partial charge is 0.495 e. The molecule has 1 aliphatic rings. The van der Waals surface area contributed by atoms with Crippen LogP contribution in [0.2, 0.25) is 5.02 Å². The van der Waals surface area contributed by atoms with Crippen molar-refractivity contribution in [3.63, 3.8) is 0 Å². The third-order valence-corrected chi connectivity index (χ3v) is 7.61. The highest BCUT2D eigenvalue weighted by Crippen LogP contribution is 2.34. The predicted octanol–water partition coefficient (Wildman–Crippen LogP) is 2.46. The van der Waals surface area contributed by atoms with Crippen molar-refractivity contribution in [1.82, 2.24) is 0 Å². The molecule has 1 atom stereocenters. The van der Waals surface area contributed by atoms with Crippen LogP contribution in [0, 0.1) is 5.92 Å². The fourth-order valence-electron chi connectivity index (χ4n) is 2.85. The molecular weight excluding hydrogens is 428 g/mol. The zero-order valence-electron chi connectivity index (χ0n) is 14.9. The Morgan fingerprint density at radius 2 is 1.93 bits per heavy atom. The average molecular weight is 445 g/mol. The molecule has 0 unspecified atom stereocenters. The molecular formula is C17H17ClN2O6S2.